The summed E-state index contributed by atoms with van der Waals surface area (Å²) in [6.07, 6.45) is 0. The number of benzene rings is 6. The number of rotatable bonds is 3. The van der Waals surface area contributed by atoms with Gasteiger partial charge in [-0.3, -0.25) is 0 Å². The number of anilines is 2. The Morgan fingerprint density at radius 1 is 0.436 bits per heavy atom. The van der Waals surface area contributed by atoms with Crippen molar-refractivity contribution < 1.29 is 0 Å². The zero-order valence-electron chi connectivity index (χ0n) is 21.2. The van der Waals surface area contributed by atoms with Gasteiger partial charge in [0.15, 0.2) is 0 Å². The molecule has 1 spiro atoms. The quantitative estimate of drug-likeness (QED) is 0.246. The lowest BCUT2D eigenvalue weighted by molar-refractivity contribution is 0.794. The molecule has 6 aromatic carbocycles. The summed E-state index contributed by atoms with van der Waals surface area (Å²) in [5.41, 5.74) is 14.4. The van der Waals surface area contributed by atoms with E-state index in [1.54, 1.807) is 0 Å². The van der Waals surface area contributed by atoms with Crippen molar-refractivity contribution in [1.29, 1.82) is 0 Å². The first-order valence-corrected chi connectivity index (χ1v) is 13.7. The fourth-order valence-corrected chi connectivity index (χ4v) is 6.98. The van der Waals surface area contributed by atoms with Crippen molar-refractivity contribution in [2.45, 2.75) is 5.41 Å². The summed E-state index contributed by atoms with van der Waals surface area (Å²) < 4.78 is 0. The minimum absolute atomic E-state index is 0.349. The summed E-state index contributed by atoms with van der Waals surface area (Å²) >= 11 is 6.81. The fourth-order valence-electron chi connectivity index (χ4n) is 6.75. The van der Waals surface area contributed by atoms with Crippen LogP contribution in [0.5, 0.6) is 0 Å². The molecule has 2 aliphatic rings. The standard InChI is InChI=1S/C37H24ClN/c38-35-22-25(24-10-2-1-3-11-24)18-21-36(35)39-26-19-20-30-29-14-6-9-17-33(29)37(34(30)23-26)31-15-7-4-12-27(31)28-13-5-8-16-32(28)37/h1-23,39H. The van der Waals surface area contributed by atoms with E-state index >= 15 is 0 Å². The summed E-state index contributed by atoms with van der Waals surface area (Å²) in [5.74, 6) is 0. The first-order chi connectivity index (χ1) is 19.2. The van der Waals surface area contributed by atoms with Crippen LogP contribution in [0.2, 0.25) is 5.02 Å². The molecule has 0 heterocycles. The molecule has 0 atom stereocenters. The zero-order valence-corrected chi connectivity index (χ0v) is 21.9. The molecule has 0 radical (unpaired) electrons. The summed E-state index contributed by atoms with van der Waals surface area (Å²) in [6, 6.07) is 50.0. The van der Waals surface area contributed by atoms with Crippen LogP contribution < -0.4 is 5.32 Å². The molecule has 2 aliphatic carbocycles. The summed E-state index contributed by atoms with van der Waals surface area (Å²) in [4.78, 5) is 0. The number of nitrogens with one attached hydrogen (secondary N) is 1. The smallest absolute Gasteiger partial charge is 0.0726 e. The van der Waals surface area contributed by atoms with Gasteiger partial charge in [-0.25, -0.2) is 0 Å². The van der Waals surface area contributed by atoms with Gasteiger partial charge in [-0.15, -0.1) is 0 Å². The fraction of sp³-hybridized carbons (Fsp3) is 0.0270. The van der Waals surface area contributed by atoms with Gasteiger partial charge in [-0.2, -0.15) is 0 Å². The van der Waals surface area contributed by atoms with Crippen LogP contribution in [0.3, 0.4) is 0 Å². The van der Waals surface area contributed by atoms with Gasteiger partial charge < -0.3 is 5.32 Å². The third-order valence-electron chi connectivity index (χ3n) is 8.35. The Morgan fingerprint density at radius 3 is 1.56 bits per heavy atom. The molecule has 2 heteroatoms. The minimum atomic E-state index is -0.349. The second kappa shape index (κ2) is 8.46. The van der Waals surface area contributed by atoms with Crippen LogP contribution in [-0.4, -0.2) is 0 Å². The Labute approximate surface area is 233 Å². The number of halogens is 1. The highest BCUT2D eigenvalue weighted by Gasteiger charge is 2.51. The van der Waals surface area contributed by atoms with E-state index in [-0.39, 0.29) is 5.41 Å². The van der Waals surface area contributed by atoms with Crippen molar-refractivity contribution >= 4 is 23.0 Å². The predicted octanol–water partition coefficient (Wildman–Crippen LogP) is 10.1. The van der Waals surface area contributed by atoms with Crippen LogP contribution in [0.25, 0.3) is 33.4 Å². The Kier molecular flexibility index (Phi) is 4.86. The van der Waals surface area contributed by atoms with E-state index in [0.29, 0.717) is 5.02 Å². The molecular formula is C37H24ClN. The first-order valence-electron chi connectivity index (χ1n) is 13.3. The van der Waals surface area contributed by atoms with Gasteiger partial charge in [0.05, 0.1) is 16.1 Å². The van der Waals surface area contributed by atoms with E-state index in [2.05, 4.69) is 121 Å². The normalized spacial score (nSPS) is 13.5. The minimum Gasteiger partial charge on any atom is -0.354 e. The lowest BCUT2D eigenvalue weighted by atomic mass is 9.70. The maximum atomic E-state index is 6.81. The van der Waals surface area contributed by atoms with E-state index in [1.165, 1.54) is 44.5 Å². The predicted molar refractivity (Wildman–Crippen MR) is 163 cm³/mol. The Hall–Kier alpha value is -4.59. The summed E-state index contributed by atoms with van der Waals surface area (Å²) in [5, 5.41) is 4.33. The molecule has 0 aromatic heterocycles. The summed E-state index contributed by atoms with van der Waals surface area (Å²) in [6.45, 7) is 0. The molecule has 184 valence electrons. The number of fused-ring (bicyclic) bond motifs is 10. The SMILES string of the molecule is Clc1cc(-c2ccccc2)ccc1Nc1ccc2c(c1)C1(c3ccccc3-c3ccccc31)c1ccccc1-2. The molecule has 0 unspecified atom stereocenters. The highest BCUT2D eigenvalue weighted by Crippen LogP contribution is 2.62. The number of hydrogen-bond donors (Lipinski definition) is 1. The summed E-state index contributed by atoms with van der Waals surface area (Å²) in [7, 11) is 0. The van der Waals surface area contributed by atoms with Crippen molar-refractivity contribution in [2.24, 2.45) is 0 Å². The highest BCUT2D eigenvalue weighted by atomic mass is 35.5. The highest BCUT2D eigenvalue weighted by molar-refractivity contribution is 6.33. The largest absolute Gasteiger partial charge is 0.354 e. The molecule has 1 N–H and O–H groups in total. The third kappa shape index (κ3) is 3.14. The second-order valence-corrected chi connectivity index (χ2v) is 10.7. The van der Waals surface area contributed by atoms with E-state index in [0.717, 1.165) is 22.5 Å². The van der Waals surface area contributed by atoms with Crippen LogP contribution in [0.15, 0.2) is 140 Å². The van der Waals surface area contributed by atoms with E-state index in [4.69, 9.17) is 11.6 Å². The molecule has 0 saturated heterocycles. The van der Waals surface area contributed by atoms with Crippen molar-refractivity contribution in [3.8, 4) is 33.4 Å². The lowest BCUT2D eigenvalue weighted by Crippen LogP contribution is -2.25. The Morgan fingerprint density at radius 2 is 0.974 bits per heavy atom. The molecule has 0 aliphatic heterocycles. The second-order valence-electron chi connectivity index (χ2n) is 10.3. The van der Waals surface area contributed by atoms with Crippen LogP contribution in [0.4, 0.5) is 11.4 Å². The van der Waals surface area contributed by atoms with Crippen LogP contribution in [0, 0.1) is 0 Å². The molecule has 39 heavy (non-hydrogen) atoms. The topological polar surface area (TPSA) is 12.0 Å². The van der Waals surface area contributed by atoms with Crippen molar-refractivity contribution in [3.63, 3.8) is 0 Å². The van der Waals surface area contributed by atoms with Gasteiger partial charge in [0.25, 0.3) is 0 Å². The molecule has 6 aromatic rings. The third-order valence-corrected chi connectivity index (χ3v) is 8.67. The van der Waals surface area contributed by atoms with Crippen LogP contribution >= 0.6 is 11.6 Å². The molecule has 0 fully saturated rings. The van der Waals surface area contributed by atoms with Crippen molar-refractivity contribution in [2.75, 3.05) is 5.32 Å². The molecular weight excluding hydrogens is 494 g/mol. The molecule has 1 nitrogen and oxygen atoms in total. The zero-order chi connectivity index (χ0) is 26.0. The van der Waals surface area contributed by atoms with Crippen molar-refractivity contribution in [1.82, 2.24) is 0 Å². The molecule has 0 saturated carbocycles. The van der Waals surface area contributed by atoms with Gasteiger partial charge in [0.1, 0.15) is 0 Å². The van der Waals surface area contributed by atoms with Gasteiger partial charge in [0.2, 0.25) is 0 Å². The van der Waals surface area contributed by atoms with Crippen LogP contribution in [0.1, 0.15) is 22.3 Å². The number of hydrogen-bond acceptors (Lipinski definition) is 1. The Bertz CT molecular complexity index is 1840. The average molecular weight is 518 g/mol. The average Bonchev–Trinajstić information content (AvgIpc) is 3.46. The van der Waals surface area contributed by atoms with E-state index < -0.39 is 0 Å². The maximum absolute atomic E-state index is 6.81. The van der Waals surface area contributed by atoms with Gasteiger partial charge in [0, 0.05) is 5.69 Å². The van der Waals surface area contributed by atoms with Gasteiger partial charge in [-0.05, 0) is 79.9 Å². The van der Waals surface area contributed by atoms with Gasteiger partial charge in [-0.1, -0.05) is 127 Å². The molecule has 0 amide bonds. The van der Waals surface area contributed by atoms with Crippen molar-refractivity contribution in [3.05, 3.63) is 167 Å². The van der Waals surface area contributed by atoms with E-state index in [9.17, 15) is 0 Å². The maximum Gasteiger partial charge on any atom is 0.0726 e. The van der Waals surface area contributed by atoms with Crippen LogP contribution in [-0.2, 0) is 5.41 Å². The molecule has 0 bridgehead atoms. The first kappa shape index (κ1) is 22.4. The Balaban J connectivity index is 1.29. The van der Waals surface area contributed by atoms with Gasteiger partial charge >= 0.3 is 0 Å². The van der Waals surface area contributed by atoms with E-state index in [1.807, 2.05) is 24.3 Å². The lowest BCUT2D eigenvalue weighted by Gasteiger charge is -2.30. The monoisotopic (exact) mass is 517 g/mol. The molecule has 8 rings (SSSR count).